The Morgan fingerprint density at radius 1 is 1.14 bits per heavy atom. The van der Waals surface area contributed by atoms with Crippen molar-refractivity contribution in [3.63, 3.8) is 0 Å². The summed E-state index contributed by atoms with van der Waals surface area (Å²) in [6, 6.07) is 13.6. The van der Waals surface area contributed by atoms with Crippen molar-refractivity contribution < 1.29 is 9.18 Å². The zero-order chi connectivity index (χ0) is 20.6. The quantitative estimate of drug-likeness (QED) is 0.482. The largest absolute Gasteiger partial charge is 0.368 e. The van der Waals surface area contributed by atoms with Gasteiger partial charge in [0.1, 0.15) is 11.6 Å². The predicted molar refractivity (Wildman–Crippen MR) is 115 cm³/mol. The van der Waals surface area contributed by atoms with Crippen LogP contribution in [0.3, 0.4) is 0 Å². The van der Waals surface area contributed by atoms with Crippen molar-refractivity contribution >= 4 is 40.9 Å². The third kappa shape index (κ3) is 6.42. The van der Waals surface area contributed by atoms with E-state index < -0.39 is 0 Å². The van der Waals surface area contributed by atoms with Crippen LogP contribution < -0.4 is 16.4 Å². The molecule has 1 heterocycles. The van der Waals surface area contributed by atoms with Crippen molar-refractivity contribution in [2.45, 2.75) is 19.1 Å². The molecule has 0 saturated carbocycles. The third-order valence-electron chi connectivity index (χ3n) is 3.90. The fourth-order valence-electron chi connectivity index (χ4n) is 2.51. The molecule has 0 unspecified atom stereocenters. The molecular formula is C20H21FN6OS. The molecule has 0 saturated heterocycles. The zero-order valence-corrected chi connectivity index (χ0v) is 16.7. The number of nitrogens with two attached hydrogens (primary N) is 1. The van der Waals surface area contributed by atoms with E-state index in [4.69, 9.17) is 5.73 Å². The molecule has 150 valence electrons. The first-order valence-corrected chi connectivity index (χ1v) is 10.1. The van der Waals surface area contributed by atoms with Crippen LogP contribution in [0.1, 0.15) is 17.8 Å². The summed E-state index contributed by atoms with van der Waals surface area (Å²) in [5.74, 6) is 1.53. The molecule has 0 fully saturated rings. The van der Waals surface area contributed by atoms with Crippen molar-refractivity contribution in [3.05, 3.63) is 65.7 Å². The van der Waals surface area contributed by atoms with Crippen LogP contribution in [0.2, 0.25) is 0 Å². The Hall–Kier alpha value is -3.20. The molecule has 0 bridgehead atoms. The van der Waals surface area contributed by atoms with Gasteiger partial charge in [0.2, 0.25) is 17.8 Å². The van der Waals surface area contributed by atoms with E-state index in [2.05, 4.69) is 25.6 Å². The van der Waals surface area contributed by atoms with Crippen molar-refractivity contribution in [3.8, 4) is 0 Å². The number of nitrogens with one attached hydrogen (secondary N) is 2. The minimum absolute atomic E-state index is 0.135. The highest BCUT2D eigenvalue weighted by Gasteiger charge is 2.08. The summed E-state index contributed by atoms with van der Waals surface area (Å²) < 4.78 is 13.1. The molecule has 3 rings (SSSR count). The number of hydrogen-bond acceptors (Lipinski definition) is 7. The fourth-order valence-corrected chi connectivity index (χ4v) is 3.30. The van der Waals surface area contributed by atoms with Gasteiger partial charge in [-0.3, -0.25) is 4.79 Å². The normalized spacial score (nSPS) is 10.6. The Kier molecular flexibility index (Phi) is 6.96. The Labute approximate surface area is 172 Å². The van der Waals surface area contributed by atoms with Crippen molar-refractivity contribution in [1.82, 2.24) is 15.0 Å². The lowest BCUT2D eigenvalue weighted by Crippen LogP contribution is -2.12. The van der Waals surface area contributed by atoms with E-state index in [9.17, 15) is 9.18 Å². The van der Waals surface area contributed by atoms with Crippen LogP contribution in [0.4, 0.5) is 27.7 Å². The number of nitrogen functional groups attached to an aromatic ring is 1. The molecule has 9 heteroatoms. The van der Waals surface area contributed by atoms with Gasteiger partial charge in [-0.05, 0) is 36.8 Å². The van der Waals surface area contributed by atoms with Gasteiger partial charge >= 0.3 is 0 Å². The van der Waals surface area contributed by atoms with E-state index in [1.807, 2.05) is 31.2 Å². The molecule has 3 aromatic rings. The smallest absolute Gasteiger partial charge is 0.232 e. The summed E-state index contributed by atoms with van der Waals surface area (Å²) in [5, 5.41) is 5.82. The summed E-state index contributed by atoms with van der Waals surface area (Å²) in [6.45, 7) is 1.98. The van der Waals surface area contributed by atoms with Crippen LogP contribution in [0.15, 0.2) is 48.5 Å². The standard InChI is InChI=1S/C20H21FN6OS/c1-13-5-2-3-8-16(13)24-20-26-17(25-19(22)27-20)12-29-10-9-18(28)23-15-7-4-6-14(21)11-15/h2-8,11H,9-10,12H2,1H3,(H,23,28)(H3,22,24,25,26,27). The van der Waals surface area contributed by atoms with Gasteiger partial charge in [0.05, 0.1) is 5.75 Å². The molecule has 0 aliphatic heterocycles. The van der Waals surface area contributed by atoms with Crippen LogP contribution in [-0.2, 0) is 10.5 Å². The third-order valence-corrected chi connectivity index (χ3v) is 4.86. The monoisotopic (exact) mass is 412 g/mol. The number of thioether (sulfide) groups is 1. The number of carbonyl (C=O) groups excluding carboxylic acids is 1. The lowest BCUT2D eigenvalue weighted by Gasteiger charge is -2.09. The Morgan fingerprint density at radius 3 is 2.76 bits per heavy atom. The van der Waals surface area contributed by atoms with E-state index in [0.717, 1.165) is 11.3 Å². The molecule has 1 amide bonds. The van der Waals surface area contributed by atoms with Gasteiger partial charge in [-0.2, -0.15) is 26.7 Å². The number of nitrogens with zero attached hydrogens (tertiary/aromatic N) is 3. The van der Waals surface area contributed by atoms with Crippen molar-refractivity contribution in [2.24, 2.45) is 0 Å². The molecule has 2 aromatic carbocycles. The van der Waals surface area contributed by atoms with Gasteiger partial charge in [-0.15, -0.1) is 0 Å². The number of para-hydroxylation sites is 1. The average molecular weight is 412 g/mol. The molecule has 0 aliphatic rings. The molecule has 0 atom stereocenters. The highest BCUT2D eigenvalue weighted by Crippen LogP contribution is 2.19. The van der Waals surface area contributed by atoms with Gasteiger partial charge in [0.25, 0.3) is 0 Å². The molecule has 0 radical (unpaired) electrons. The average Bonchev–Trinajstić information content (AvgIpc) is 2.67. The highest BCUT2D eigenvalue weighted by molar-refractivity contribution is 7.98. The minimum atomic E-state index is -0.389. The number of aryl methyl sites for hydroxylation is 1. The van der Waals surface area contributed by atoms with Gasteiger partial charge in [0, 0.05) is 23.5 Å². The molecular weight excluding hydrogens is 391 g/mol. The second kappa shape index (κ2) is 9.83. The molecule has 4 N–H and O–H groups in total. The van der Waals surface area contributed by atoms with Crippen molar-refractivity contribution in [1.29, 1.82) is 0 Å². The van der Waals surface area contributed by atoms with Crippen LogP contribution in [0.25, 0.3) is 0 Å². The van der Waals surface area contributed by atoms with E-state index >= 15 is 0 Å². The summed E-state index contributed by atoms with van der Waals surface area (Å²) in [4.78, 5) is 24.6. The highest BCUT2D eigenvalue weighted by atomic mass is 32.2. The maximum Gasteiger partial charge on any atom is 0.232 e. The van der Waals surface area contributed by atoms with E-state index in [-0.39, 0.29) is 24.1 Å². The maximum absolute atomic E-state index is 13.1. The molecule has 0 spiro atoms. The number of carbonyl (C=O) groups is 1. The first kappa shape index (κ1) is 20.5. The number of hydrogen-bond donors (Lipinski definition) is 3. The lowest BCUT2D eigenvalue weighted by molar-refractivity contribution is -0.115. The number of amides is 1. The molecule has 7 nitrogen and oxygen atoms in total. The van der Waals surface area contributed by atoms with E-state index in [0.29, 0.717) is 29.0 Å². The number of benzene rings is 2. The summed E-state index contributed by atoms with van der Waals surface area (Å²) >= 11 is 1.50. The van der Waals surface area contributed by atoms with E-state index in [1.165, 1.54) is 23.9 Å². The summed E-state index contributed by atoms with van der Waals surface area (Å²) in [6.07, 6.45) is 0.288. The number of halogens is 1. The SMILES string of the molecule is Cc1ccccc1Nc1nc(N)nc(CSCCC(=O)Nc2cccc(F)c2)n1. The van der Waals surface area contributed by atoms with Crippen LogP contribution in [-0.4, -0.2) is 26.6 Å². The minimum Gasteiger partial charge on any atom is -0.368 e. The van der Waals surface area contributed by atoms with E-state index in [1.54, 1.807) is 12.1 Å². The summed E-state index contributed by atoms with van der Waals surface area (Å²) in [7, 11) is 0. The molecule has 1 aromatic heterocycles. The number of anilines is 4. The lowest BCUT2D eigenvalue weighted by atomic mass is 10.2. The van der Waals surface area contributed by atoms with Gasteiger partial charge in [-0.25, -0.2) is 4.39 Å². The topological polar surface area (TPSA) is 106 Å². The Balaban J connectivity index is 1.50. The Bertz CT molecular complexity index is 1000. The Morgan fingerprint density at radius 2 is 1.97 bits per heavy atom. The maximum atomic E-state index is 13.1. The second-order valence-corrected chi connectivity index (χ2v) is 7.34. The fraction of sp³-hybridized carbons (Fsp3) is 0.200. The van der Waals surface area contributed by atoms with Crippen LogP contribution >= 0.6 is 11.8 Å². The van der Waals surface area contributed by atoms with Crippen LogP contribution in [0.5, 0.6) is 0 Å². The summed E-state index contributed by atoms with van der Waals surface area (Å²) in [5.41, 5.74) is 8.19. The predicted octanol–water partition coefficient (Wildman–Crippen LogP) is 3.91. The second-order valence-electron chi connectivity index (χ2n) is 6.23. The van der Waals surface area contributed by atoms with Gasteiger partial charge < -0.3 is 16.4 Å². The number of rotatable bonds is 8. The van der Waals surface area contributed by atoms with Gasteiger partial charge in [0.15, 0.2) is 0 Å². The zero-order valence-electron chi connectivity index (χ0n) is 15.9. The first-order valence-electron chi connectivity index (χ1n) is 8.96. The van der Waals surface area contributed by atoms with Gasteiger partial charge in [-0.1, -0.05) is 24.3 Å². The van der Waals surface area contributed by atoms with Crippen LogP contribution in [0, 0.1) is 12.7 Å². The molecule has 29 heavy (non-hydrogen) atoms. The van der Waals surface area contributed by atoms with Crippen molar-refractivity contribution in [2.75, 3.05) is 22.1 Å². The number of aromatic nitrogens is 3. The molecule has 0 aliphatic carbocycles. The first-order chi connectivity index (χ1) is 14.0.